The number of benzene rings is 2. The normalized spacial score (nSPS) is 11.6. The molecule has 4 nitrogen and oxygen atoms in total. The van der Waals surface area contributed by atoms with E-state index in [4.69, 9.17) is 21.1 Å². The Morgan fingerprint density at radius 2 is 1.61 bits per heavy atom. The molecule has 0 N–H and O–H groups in total. The highest BCUT2D eigenvalue weighted by molar-refractivity contribution is 6.30. The Bertz CT molecular complexity index is 652. The molecule has 0 saturated heterocycles. The molecule has 5 heteroatoms. The van der Waals surface area contributed by atoms with Crippen LogP contribution in [0.2, 0.25) is 5.02 Å². The van der Waals surface area contributed by atoms with Crippen molar-refractivity contribution in [2.45, 2.75) is 13.0 Å². The summed E-state index contributed by atoms with van der Waals surface area (Å²) in [5.74, 6) is -2.21. The number of carbonyl (C=O) groups excluding carboxylic acids is 2. The van der Waals surface area contributed by atoms with Crippen molar-refractivity contribution in [2.24, 2.45) is 5.92 Å². The van der Waals surface area contributed by atoms with Gasteiger partial charge in [0.15, 0.2) is 5.92 Å². The maximum atomic E-state index is 12.2. The molecule has 0 bridgehead atoms. The van der Waals surface area contributed by atoms with Crippen LogP contribution in [0.3, 0.4) is 0 Å². The molecule has 0 spiro atoms. The predicted molar refractivity (Wildman–Crippen MR) is 86.9 cm³/mol. The first-order chi connectivity index (χ1) is 11.1. The van der Waals surface area contributed by atoms with Crippen LogP contribution in [0.15, 0.2) is 54.6 Å². The van der Waals surface area contributed by atoms with Gasteiger partial charge in [-0.3, -0.25) is 9.59 Å². The van der Waals surface area contributed by atoms with Crippen molar-refractivity contribution in [3.8, 4) is 0 Å². The molecular weight excluding hydrogens is 316 g/mol. The summed E-state index contributed by atoms with van der Waals surface area (Å²) in [5, 5.41) is 0.593. The van der Waals surface area contributed by atoms with Gasteiger partial charge in [-0.2, -0.15) is 0 Å². The number of rotatable bonds is 6. The minimum Gasteiger partial charge on any atom is -0.468 e. The lowest BCUT2D eigenvalue weighted by Crippen LogP contribution is -2.29. The van der Waals surface area contributed by atoms with Gasteiger partial charge in [0, 0.05) is 5.02 Å². The largest absolute Gasteiger partial charge is 0.468 e. The van der Waals surface area contributed by atoms with Gasteiger partial charge < -0.3 is 9.47 Å². The zero-order valence-corrected chi connectivity index (χ0v) is 13.5. The van der Waals surface area contributed by atoms with E-state index in [1.807, 2.05) is 30.3 Å². The Morgan fingerprint density at radius 3 is 2.22 bits per heavy atom. The Kier molecular flexibility index (Phi) is 6.18. The predicted octanol–water partition coefficient (Wildman–Crippen LogP) is 3.42. The monoisotopic (exact) mass is 332 g/mol. The number of halogens is 1. The van der Waals surface area contributed by atoms with Crippen molar-refractivity contribution in [3.05, 3.63) is 70.7 Å². The first-order valence-corrected chi connectivity index (χ1v) is 7.51. The van der Waals surface area contributed by atoms with Gasteiger partial charge in [0.2, 0.25) is 0 Å². The SMILES string of the molecule is COC(=O)C(Cc1ccc(Cl)cc1)C(=O)OCc1ccccc1. The van der Waals surface area contributed by atoms with E-state index in [0.29, 0.717) is 5.02 Å². The van der Waals surface area contributed by atoms with E-state index in [1.165, 1.54) is 7.11 Å². The molecule has 1 atom stereocenters. The second-order valence-corrected chi connectivity index (χ2v) is 5.44. The maximum Gasteiger partial charge on any atom is 0.321 e. The summed E-state index contributed by atoms with van der Waals surface area (Å²) in [7, 11) is 1.25. The second-order valence-electron chi connectivity index (χ2n) is 5.00. The van der Waals surface area contributed by atoms with Gasteiger partial charge in [-0.25, -0.2) is 0 Å². The molecule has 23 heavy (non-hydrogen) atoms. The first-order valence-electron chi connectivity index (χ1n) is 7.13. The lowest BCUT2D eigenvalue weighted by Gasteiger charge is -2.14. The van der Waals surface area contributed by atoms with Gasteiger partial charge >= 0.3 is 11.9 Å². The zero-order chi connectivity index (χ0) is 16.7. The molecule has 2 aromatic carbocycles. The molecule has 0 aliphatic rings. The quantitative estimate of drug-likeness (QED) is 0.601. The van der Waals surface area contributed by atoms with Crippen LogP contribution in [-0.2, 0) is 32.1 Å². The molecule has 0 aliphatic heterocycles. The fraction of sp³-hybridized carbons (Fsp3) is 0.222. The first kappa shape index (κ1) is 17.0. The van der Waals surface area contributed by atoms with Crippen molar-refractivity contribution in [3.63, 3.8) is 0 Å². The average Bonchev–Trinajstić information content (AvgIpc) is 2.59. The molecule has 0 aliphatic carbocycles. The van der Waals surface area contributed by atoms with Crippen LogP contribution in [0.1, 0.15) is 11.1 Å². The highest BCUT2D eigenvalue weighted by Gasteiger charge is 2.29. The van der Waals surface area contributed by atoms with Crippen LogP contribution < -0.4 is 0 Å². The topological polar surface area (TPSA) is 52.6 Å². The number of methoxy groups -OCH3 is 1. The molecule has 0 fully saturated rings. The van der Waals surface area contributed by atoms with Crippen LogP contribution in [0.5, 0.6) is 0 Å². The number of hydrogen-bond acceptors (Lipinski definition) is 4. The minimum atomic E-state index is -0.995. The molecular formula is C18H17ClO4. The molecule has 2 rings (SSSR count). The second kappa shape index (κ2) is 8.34. The number of hydrogen-bond donors (Lipinski definition) is 0. The van der Waals surface area contributed by atoms with E-state index >= 15 is 0 Å². The Labute approximate surface area is 140 Å². The van der Waals surface area contributed by atoms with E-state index < -0.39 is 17.9 Å². The summed E-state index contributed by atoms with van der Waals surface area (Å²) in [6.45, 7) is 0.119. The zero-order valence-electron chi connectivity index (χ0n) is 12.7. The highest BCUT2D eigenvalue weighted by atomic mass is 35.5. The molecule has 120 valence electrons. The van der Waals surface area contributed by atoms with E-state index in [0.717, 1.165) is 11.1 Å². The van der Waals surface area contributed by atoms with Crippen molar-refractivity contribution < 1.29 is 19.1 Å². The van der Waals surface area contributed by atoms with Gasteiger partial charge in [-0.15, -0.1) is 0 Å². The standard InChI is InChI=1S/C18H17ClO4/c1-22-17(20)16(11-13-7-9-15(19)10-8-13)18(21)23-12-14-5-3-2-4-6-14/h2-10,16H,11-12H2,1H3. The summed E-state index contributed by atoms with van der Waals surface area (Å²) >= 11 is 5.83. The van der Waals surface area contributed by atoms with Crippen LogP contribution in [0.25, 0.3) is 0 Å². The fourth-order valence-electron chi connectivity index (χ4n) is 2.09. The van der Waals surface area contributed by atoms with Gasteiger partial charge in [0.25, 0.3) is 0 Å². The summed E-state index contributed by atoms with van der Waals surface area (Å²) in [6.07, 6.45) is 0.206. The minimum absolute atomic E-state index is 0.119. The van der Waals surface area contributed by atoms with Crippen molar-refractivity contribution >= 4 is 23.5 Å². The maximum absolute atomic E-state index is 12.2. The molecule has 1 unspecified atom stereocenters. The number of carbonyl (C=O) groups is 2. The van der Waals surface area contributed by atoms with Crippen LogP contribution >= 0.6 is 11.6 Å². The van der Waals surface area contributed by atoms with Gasteiger partial charge in [0.05, 0.1) is 7.11 Å². The number of esters is 2. The molecule has 0 aromatic heterocycles. The Hall–Kier alpha value is -2.33. The van der Waals surface area contributed by atoms with Crippen molar-refractivity contribution in [1.82, 2.24) is 0 Å². The number of ether oxygens (including phenoxy) is 2. The lowest BCUT2D eigenvalue weighted by atomic mass is 9.99. The van der Waals surface area contributed by atoms with Crippen molar-refractivity contribution in [2.75, 3.05) is 7.11 Å². The van der Waals surface area contributed by atoms with E-state index in [2.05, 4.69) is 0 Å². The lowest BCUT2D eigenvalue weighted by molar-refractivity contribution is -0.161. The third-order valence-electron chi connectivity index (χ3n) is 3.35. The van der Waals surface area contributed by atoms with Crippen LogP contribution in [0, 0.1) is 5.92 Å². The van der Waals surface area contributed by atoms with E-state index in [1.54, 1.807) is 24.3 Å². The smallest absolute Gasteiger partial charge is 0.321 e. The molecule has 2 aromatic rings. The average molecular weight is 333 g/mol. The highest BCUT2D eigenvalue weighted by Crippen LogP contribution is 2.16. The van der Waals surface area contributed by atoms with Crippen LogP contribution in [-0.4, -0.2) is 19.0 Å². The van der Waals surface area contributed by atoms with E-state index in [9.17, 15) is 9.59 Å². The Morgan fingerprint density at radius 1 is 0.957 bits per heavy atom. The summed E-state index contributed by atoms with van der Waals surface area (Å²) < 4.78 is 9.96. The molecule has 0 heterocycles. The molecule has 0 amide bonds. The molecule has 0 saturated carbocycles. The van der Waals surface area contributed by atoms with Crippen LogP contribution in [0.4, 0.5) is 0 Å². The molecule has 0 radical (unpaired) electrons. The van der Waals surface area contributed by atoms with Gasteiger partial charge in [-0.05, 0) is 29.7 Å². The fourth-order valence-corrected chi connectivity index (χ4v) is 2.22. The third-order valence-corrected chi connectivity index (χ3v) is 3.60. The Balaban J connectivity index is 2.03. The third kappa shape index (κ3) is 5.11. The summed E-state index contributed by atoms with van der Waals surface area (Å²) in [4.78, 5) is 24.1. The summed E-state index contributed by atoms with van der Waals surface area (Å²) in [5.41, 5.74) is 1.66. The van der Waals surface area contributed by atoms with Crippen molar-refractivity contribution in [1.29, 1.82) is 0 Å². The van der Waals surface area contributed by atoms with Gasteiger partial charge in [0.1, 0.15) is 6.61 Å². The van der Waals surface area contributed by atoms with E-state index in [-0.39, 0.29) is 13.0 Å². The van der Waals surface area contributed by atoms with Gasteiger partial charge in [-0.1, -0.05) is 54.1 Å². The summed E-state index contributed by atoms with van der Waals surface area (Å²) in [6, 6.07) is 16.2.